The van der Waals surface area contributed by atoms with Crippen molar-refractivity contribution in [3.8, 4) is 5.75 Å². The van der Waals surface area contributed by atoms with E-state index in [1.165, 1.54) is 0 Å². The number of fused-ring (bicyclic) bond motifs is 1. The number of ether oxygens (including phenoxy) is 1. The molecule has 0 spiro atoms. The summed E-state index contributed by atoms with van der Waals surface area (Å²) in [5, 5.41) is 10.3. The van der Waals surface area contributed by atoms with E-state index >= 15 is 0 Å². The van der Waals surface area contributed by atoms with Crippen molar-refractivity contribution in [2.24, 2.45) is 0 Å². The van der Waals surface area contributed by atoms with E-state index in [1.54, 1.807) is 4.90 Å². The molecule has 0 saturated heterocycles. The van der Waals surface area contributed by atoms with Gasteiger partial charge in [0.15, 0.2) is 0 Å². The summed E-state index contributed by atoms with van der Waals surface area (Å²) < 4.78 is 6.26. The molecular formula is C32H36N2O4. The average Bonchev–Trinajstić information content (AvgIpc) is 3.48. The summed E-state index contributed by atoms with van der Waals surface area (Å²) >= 11 is 0. The Morgan fingerprint density at radius 1 is 1.00 bits per heavy atom. The van der Waals surface area contributed by atoms with Crippen LogP contribution >= 0.6 is 0 Å². The zero-order valence-corrected chi connectivity index (χ0v) is 22.2. The number of amides is 1. The minimum absolute atomic E-state index is 0.157. The van der Waals surface area contributed by atoms with E-state index in [1.807, 2.05) is 86.8 Å². The zero-order chi connectivity index (χ0) is 26.6. The minimum atomic E-state index is -0.991. The van der Waals surface area contributed by atoms with E-state index in [-0.39, 0.29) is 18.9 Å². The Morgan fingerprint density at radius 3 is 2.32 bits per heavy atom. The lowest BCUT2D eigenvalue weighted by molar-refractivity contribution is -0.154. The van der Waals surface area contributed by atoms with Crippen molar-refractivity contribution in [3.63, 3.8) is 0 Å². The molecule has 0 aromatic heterocycles. The summed E-state index contributed by atoms with van der Waals surface area (Å²) in [6.45, 7) is 2.63. The van der Waals surface area contributed by atoms with Crippen LogP contribution in [0.4, 0.5) is 0 Å². The summed E-state index contributed by atoms with van der Waals surface area (Å²) in [5.74, 6) is -0.418. The van der Waals surface area contributed by atoms with Gasteiger partial charge in [0.05, 0.1) is 0 Å². The Hall–Kier alpha value is -3.64. The number of aliphatic carboxylic acids is 1. The Labute approximate surface area is 224 Å². The van der Waals surface area contributed by atoms with Crippen LogP contribution in [0.3, 0.4) is 0 Å². The molecule has 38 heavy (non-hydrogen) atoms. The van der Waals surface area contributed by atoms with E-state index < -0.39 is 18.1 Å². The molecule has 1 saturated carbocycles. The van der Waals surface area contributed by atoms with Gasteiger partial charge in [-0.05, 0) is 49.1 Å². The topological polar surface area (TPSA) is 70.1 Å². The van der Waals surface area contributed by atoms with Gasteiger partial charge in [0.1, 0.15) is 24.4 Å². The number of hydrogen-bond acceptors (Lipinski definition) is 4. The molecule has 6 nitrogen and oxygen atoms in total. The van der Waals surface area contributed by atoms with E-state index in [2.05, 4.69) is 4.90 Å². The van der Waals surface area contributed by atoms with Crippen LogP contribution in [-0.2, 0) is 29.2 Å². The fraction of sp³-hybridized carbons (Fsp3) is 0.375. The SMILES string of the molecule is Cc1ccc2c(c1OCc1ccccc1)C[C@H](C(=O)O)N(C(=O)[C@@H](c1ccccc1)N(C)C1CCCC1)C2. The maximum Gasteiger partial charge on any atom is 0.326 e. The van der Waals surface area contributed by atoms with Gasteiger partial charge in [-0.25, -0.2) is 4.79 Å². The molecule has 1 N–H and O–H groups in total. The largest absolute Gasteiger partial charge is 0.488 e. The molecule has 5 rings (SSSR count). The number of carbonyl (C=O) groups excluding carboxylic acids is 1. The van der Waals surface area contributed by atoms with Crippen LogP contribution in [0, 0.1) is 6.92 Å². The second-order valence-corrected chi connectivity index (χ2v) is 10.6. The standard InChI is InChI=1S/C32H36N2O4/c1-22-17-18-25-20-34(28(32(36)37)19-27(25)30(22)38-21-23-11-5-3-6-12-23)31(35)29(24-13-7-4-8-14-24)33(2)26-15-9-10-16-26/h3-8,11-14,17-18,26,28-29H,9-10,15-16,19-21H2,1-2H3,(H,36,37)/t28-,29-/m1/s1. The van der Waals surface area contributed by atoms with Crippen molar-refractivity contribution in [1.82, 2.24) is 9.80 Å². The summed E-state index contributed by atoms with van der Waals surface area (Å²) in [6.07, 6.45) is 4.64. The van der Waals surface area contributed by atoms with Gasteiger partial charge < -0.3 is 14.7 Å². The van der Waals surface area contributed by atoms with Gasteiger partial charge in [-0.1, -0.05) is 85.6 Å². The molecule has 6 heteroatoms. The van der Waals surface area contributed by atoms with Gasteiger partial charge in [-0.2, -0.15) is 0 Å². The number of hydrogen-bond donors (Lipinski definition) is 1. The highest BCUT2D eigenvalue weighted by atomic mass is 16.5. The molecule has 1 fully saturated rings. The Kier molecular flexibility index (Phi) is 7.79. The van der Waals surface area contributed by atoms with Crippen molar-refractivity contribution < 1.29 is 19.4 Å². The fourth-order valence-electron chi connectivity index (χ4n) is 6.00. The van der Waals surface area contributed by atoms with Gasteiger partial charge in [-0.15, -0.1) is 0 Å². The van der Waals surface area contributed by atoms with Crippen LogP contribution < -0.4 is 4.74 Å². The van der Waals surface area contributed by atoms with Gasteiger partial charge in [0.25, 0.3) is 0 Å². The third-order valence-electron chi connectivity index (χ3n) is 8.12. The van der Waals surface area contributed by atoms with Crippen LogP contribution in [0.1, 0.15) is 59.5 Å². The molecule has 0 bridgehead atoms. The first-order valence-corrected chi connectivity index (χ1v) is 13.5. The van der Waals surface area contributed by atoms with Crippen LogP contribution in [0.15, 0.2) is 72.8 Å². The second-order valence-electron chi connectivity index (χ2n) is 10.6. The van der Waals surface area contributed by atoms with Gasteiger partial charge in [-0.3, -0.25) is 9.69 Å². The van der Waals surface area contributed by atoms with Crippen LogP contribution in [0.2, 0.25) is 0 Å². The minimum Gasteiger partial charge on any atom is -0.488 e. The highest BCUT2D eigenvalue weighted by Crippen LogP contribution is 2.37. The summed E-state index contributed by atoms with van der Waals surface area (Å²) in [6, 6.07) is 22.5. The first-order chi connectivity index (χ1) is 18.4. The molecule has 2 atom stereocenters. The number of aryl methyl sites for hydroxylation is 1. The molecule has 1 amide bonds. The number of carboxylic acid groups (broad SMARTS) is 1. The molecule has 1 aliphatic carbocycles. The quantitative estimate of drug-likeness (QED) is 0.430. The van der Waals surface area contributed by atoms with Crippen molar-refractivity contribution >= 4 is 11.9 Å². The second kappa shape index (κ2) is 11.4. The molecular weight excluding hydrogens is 476 g/mol. The van der Waals surface area contributed by atoms with E-state index in [4.69, 9.17) is 4.74 Å². The number of rotatable bonds is 8. The molecule has 0 radical (unpaired) electrons. The predicted molar refractivity (Wildman–Crippen MR) is 147 cm³/mol. The predicted octanol–water partition coefficient (Wildman–Crippen LogP) is 5.53. The molecule has 3 aromatic carbocycles. The molecule has 3 aromatic rings. The normalized spacial score (nSPS) is 18.3. The number of carbonyl (C=O) groups is 2. The summed E-state index contributed by atoms with van der Waals surface area (Å²) in [7, 11) is 2.01. The fourth-order valence-corrected chi connectivity index (χ4v) is 6.00. The number of nitrogens with zero attached hydrogens (tertiary/aromatic N) is 2. The average molecular weight is 513 g/mol. The lowest BCUT2D eigenvalue weighted by Gasteiger charge is -2.40. The highest BCUT2D eigenvalue weighted by Gasteiger charge is 2.41. The first kappa shape index (κ1) is 26.0. The number of benzene rings is 3. The Balaban J connectivity index is 1.47. The van der Waals surface area contributed by atoms with Crippen LogP contribution in [-0.4, -0.2) is 45.9 Å². The van der Waals surface area contributed by atoms with Gasteiger partial charge >= 0.3 is 5.97 Å². The molecule has 0 unspecified atom stereocenters. The van der Waals surface area contributed by atoms with Gasteiger partial charge in [0.2, 0.25) is 5.91 Å². The van der Waals surface area contributed by atoms with E-state index in [0.717, 1.165) is 59.3 Å². The van der Waals surface area contributed by atoms with Crippen molar-refractivity contribution in [2.45, 2.75) is 70.3 Å². The lowest BCUT2D eigenvalue weighted by atomic mass is 9.90. The van der Waals surface area contributed by atoms with Crippen molar-refractivity contribution in [1.29, 1.82) is 0 Å². The van der Waals surface area contributed by atoms with Crippen LogP contribution in [0.5, 0.6) is 5.75 Å². The van der Waals surface area contributed by atoms with Crippen molar-refractivity contribution in [2.75, 3.05) is 7.05 Å². The maximum atomic E-state index is 14.3. The Morgan fingerprint density at radius 2 is 1.66 bits per heavy atom. The van der Waals surface area contributed by atoms with Gasteiger partial charge in [0, 0.05) is 24.6 Å². The lowest BCUT2D eigenvalue weighted by Crippen LogP contribution is -2.53. The molecule has 198 valence electrons. The zero-order valence-electron chi connectivity index (χ0n) is 22.2. The Bertz CT molecular complexity index is 1270. The van der Waals surface area contributed by atoms with Crippen LogP contribution in [0.25, 0.3) is 0 Å². The molecule has 2 aliphatic rings. The smallest absolute Gasteiger partial charge is 0.326 e. The monoisotopic (exact) mass is 512 g/mol. The molecule has 1 heterocycles. The molecule has 1 aliphatic heterocycles. The number of carboxylic acids is 1. The first-order valence-electron chi connectivity index (χ1n) is 13.5. The third-order valence-corrected chi connectivity index (χ3v) is 8.12. The van der Waals surface area contributed by atoms with E-state index in [9.17, 15) is 14.7 Å². The van der Waals surface area contributed by atoms with E-state index in [0.29, 0.717) is 12.6 Å². The summed E-state index contributed by atoms with van der Waals surface area (Å²) in [5.41, 5.74) is 4.74. The van der Waals surface area contributed by atoms with Crippen molar-refractivity contribution in [3.05, 3.63) is 101 Å². The highest BCUT2D eigenvalue weighted by molar-refractivity contribution is 5.89. The maximum absolute atomic E-state index is 14.3. The third kappa shape index (κ3) is 5.32. The number of likely N-dealkylation sites (N-methyl/N-ethyl adjacent to an activating group) is 1. The summed E-state index contributed by atoms with van der Waals surface area (Å²) in [4.78, 5) is 30.6.